The molecule has 11 nitrogen and oxygen atoms in total. The van der Waals surface area contributed by atoms with Gasteiger partial charge in [-0.15, -0.1) is 0 Å². The number of rotatable bonds is 7. The lowest BCUT2D eigenvalue weighted by atomic mass is 10.2. The first-order valence-corrected chi connectivity index (χ1v) is 10.0. The minimum atomic E-state index is -0.447. The van der Waals surface area contributed by atoms with Gasteiger partial charge in [-0.25, -0.2) is 5.43 Å². The second kappa shape index (κ2) is 9.79. The quantitative estimate of drug-likeness (QED) is 0.327. The van der Waals surface area contributed by atoms with Crippen LogP contribution in [0.25, 0.3) is 0 Å². The number of aryl methyl sites for hydroxylation is 1. The number of hydrogen-bond donors (Lipinski definition) is 2. The van der Waals surface area contributed by atoms with Gasteiger partial charge in [-0.1, -0.05) is 29.8 Å². The van der Waals surface area contributed by atoms with Gasteiger partial charge in [0.1, 0.15) is 0 Å². The van der Waals surface area contributed by atoms with Gasteiger partial charge in [0.25, 0.3) is 5.69 Å². The Morgan fingerprint density at radius 1 is 1.03 bits per heavy atom. The van der Waals surface area contributed by atoms with E-state index in [1.54, 1.807) is 18.3 Å². The lowest BCUT2D eigenvalue weighted by molar-refractivity contribution is -0.384. The van der Waals surface area contributed by atoms with E-state index in [2.05, 4.69) is 30.8 Å². The average molecular weight is 434 g/mol. The van der Waals surface area contributed by atoms with Crippen LogP contribution in [-0.2, 0) is 4.74 Å². The van der Waals surface area contributed by atoms with Crippen molar-refractivity contribution in [3.8, 4) is 0 Å². The molecule has 0 atom stereocenters. The summed E-state index contributed by atoms with van der Waals surface area (Å²) >= 11 is 0. The van der Waals surface area contributed by atoms with Gasteiger partial charge in [-0.3, -0.25) is 10.1 Å². The molecule has 0 amide bonds. The Bertz CT molecular complexity index is 1100. The molecule has 11 heteroatoms. The molecule has 0 aliphatic carbocycles. The Labute approximate surface area is 184 Å². The van der Waals surface area contributed by atoms with Crippen LogP contribution in [-0.4, -0.2) is 52.4 Å². The molecule has 0 spiro atoms. The number of hydrogen-bond acceptors (Lipinski definition) is 10. The van der Waals surface area contributed by atoms with E-state index >= 15 is 0 Å². The average Bonchev–Trinajstić information content (AvgIpc) is 2.81. The Morgan fingerprint density at radius 3 is 2.41 bits per heavy atom. The summed E-state index contributed by atoms with van der Waals surface area (Å²) in [5.41, 5.74) is 5.59. The highest BCUT2D eigenvalue weighted by Gasteiger charge is 2.17. The maximum atomic E-state index is 10.9. The topological polar surface area (TPSA) is 131 Å². The second-order valence-electron chi connectivity index (χ2n) is 7.09. The fourth-order valence-electron chi connectivity index (χ4n) is 2.99. The van der Waals surface area contributed by atoms with E-state index in [1.807, 2.05) is 36.1 Å². The fourth-order valence-corrected chi connectivity index (χ4v) is 2.99. The molecule has 0 bridgehead atoms. The molecular formula is C21H22N8O3. The second-order valence-corrected chi connectivity index (χ2v) is 7.09. The first-order valence-electron chi connectivity index (χ1n) is 10.0. The summed E-state index contributed by atoms with van der Waals surface area (Å²) in [4.78, 5) is 25.8. The molecule has 1 aliphatic heterocycles. The zero-order chi connectivity index (χ0) is 22.3. The third-order valence-corrected chi connectivity index (χ3v) is 4.71. The smallest absolute Gasteiger partial charge is 0.269 e. The van der Waals surface area contributed by atoms with Gasteiger partial charge in [-0.05, 0) is 24.6 Å². The van der Waals surface area contributed by atoms with Gasteiger partial charge in [-0.2, -0.15) is 20.1 Å². The number of ether oxygens (including phenoxy) is 1. The van der Waals surface area contributed by atoms with Crippen molar-refractivity contribution < 1.29 is 9.66 Å². The standard InChI is InChI=1S/C21H22N8O3/c1-15-2-4-16(5-3-15)14-22-27-20-24-19(23-17-6-8-18(9-7-17)29(30)31)25-21(26-20)28-10-12-32-13-11-28/h2-9,14H,10-13H2,1H3,(H2,23,24,25,26,27). The molecule has 2 N–H and O–H groups in total. The van der Waals surface area contributed by atoms with Crippen LogP contribution in [0.3, 0.4) is 0 Å². The molecule has 1 saturated heterocycles. The van der Waals surface area contributed by atoms with Gasteiger partial charge in [0.15, 0.2) is 0 Å². The molecule has 164 valence electrons. The molecule has 2 aromatic carbocycles. The summed E-state index contributed by atoms with van der Waals surface area (Å²) in [5, 5.41) is 18.2. The lowest BCUT2D eigenvalue weighted by Gasteiger charge is -2.27. The molecule has 0 unspecified atom stereocenters. The molecule has 32 heavy (non-hydrogen) atoms. The van der Waals surface area contributed by atoms with Crippen LogP contribution < -0.4 is 15.6 Å². The zero-order valence-electron chi connectivity index (χ0n) is 17.4. The zero-order valence-corrected chi connectivity index (χ0v) is 17.4. The van der Waals surface area contributed by atoms with E-state index in [0.717, 1.165) is 5.56 Å². The normalized spacial score (nSPS) is 13.8. The van der Waals surface area contributed by atoms with Crippen molar-refractivity contribution in [1.82, 2.24) is 15.0 Å². The summed E-state index contributed by atoms with van der Waals surface area (Å²) in [5.74, 6) is 1.05. The first kappa shape index (κ1) is 21.1. The van der Waals surface area contributed by atoms with Gasteiger partial charge in [0.2, 0.25) is 17.8 Å². The summed E-state index contributed by atoms with van der Waals surface area (Å²) in [6.45, 7) is 4.52. The largest absolute Gasteiger partial charge is 0.378 e. The van der Waals surface area contributed by atoms with Gasteiger partial charge in [0, 0.05) is 30.9 Å². The summed E-state index contributed by atoms with van der Waals surface area (Å²) in [6.07, 6.45) is 1.68. The van der Waals surface area contributed by atoms with Gasteiger partial charge >= 0.3 is 0 Å². The number of hydrazone groups is 1. The molecule has 4 rings (SSSR count). The molecule has 1 aliphatic rings. The summed E-state index contributed by atoms with van der Waals surface area (Å²) in [6, 6.07) is 14.0. The van der Waals surface area contributed by atoms with E-state index in [-0.39, 0.29) is 11.6 Å². The van der Waals surface area contributed by atoms with Crippen molar-refractivity contribution in [2.24, 2.45) is 5.10 Å². The number of benzene rings is 2. The number of nitrogens with one attached hydrogen (secondary N) is 2. The SMILES string of the molecule is Cc1ccc(C=NNc2nc(Nc3ccc([N+](=O)[O-])cc3)nc(N3CCOCC3)n2)cc1. The Kier molecular flexibility index (Phi) is 6.46. The third-order valence-electron chi connectivity index (χ3n) is 4.71. The van der Waals surface area contributed by atoms with Crippen molar-refractivity contribution >= 4 is 35.4 Å². The summed E-state index contributed by atoms with van der Waals surface area (Å²) in [7, 11) is 0. The molecule has 3 aromatic rings. The van der Waals surface area contributed by atoms with Crippen molar-refractivity contribution in [2.45, 2.75) is 6.92 Å². The van der Waals surface area contributed by atoms with E-state index in [1.165, 1.54) is 17.7 Å². The molecular weight excluding hydrogens is 412 g/mol. The summed E-state index contributed by atoms with van der Waals surface area (Å²) < 4.78 is 5.41. The molecule has 0 saturated carbocycles. The number of nitrogens with zero attached hydrogens (tertiary/aromatic N) is 6. The van der Waals surface area contributed by atoms with E-state index in [0.29, 0.717) is 43.9 Å². The Hall–Kier alpha value is -4.12. The molecule has 0 radical (unpaired) electrons. The highest BCUT2D eigenvalue weighted by Crippen LogP contribution is 2.21. The number of anilines is 4. The van der Waals surface area contributed by atoms with Crippen LogP contribution in [0.4, 0.5) is 29.2 Å². The lowest BCUT2D eigenvalue weighted by Crippen LogP contribution is -2.37. The van der Waals surface area contributed by atoms with Crippen molar-refractivity contribution in [3.63, 3.8) is 0 Å². The number of non-ortho nitro benzene ring substituents is 1. The third kappa shape index (κ3) is 5.52. The van der Waals surface area contributed by atoms with Gasteiger partial charge in [0.05, 0.1) is 24.4 Å². The van der Waals surface area contributed by atoms with Crippen molar-refractivity contribution in [3.05, 3.63) is 69.8 Å². The highest BCUT2D eigenvalue weighted by molar-refractivity contribution is 5.80. The van der Waals surface area contributed by atoms with Gasteiger partial charge < -0.3 is 15.0 Å². The Balaban J connectivity index is 1.55. The molecule has 1 aromatic heterocycles. The minimum Gasteiger partial charge on any atom is -0.378 e. The maximum Gasteiger partial charge on any atom is 0.269 e. The number of nitro benzene ring substituents is 1. The van der Waals surface area contributed by atoms with Crippen LogP contribution in [0, 0.1) is 17.0 Å². The number of aromatic nitrogens is 3. The number of nitro groups is 1. The molecule has 1 fully saturated rings. The van der Waals surface area contributed by atoms with E-state index < -0.39 is 4.92 Å². The fraction of sp³-hybridized carbons (Fsp3) is 0.238. The predicted octanol–water partition coefficient (Wildman–Crippen LogP) is 3.11. The van der Waals surface area contributed by atoms with E-state index in [4.69, 9.17) is 4.74 Å². The minimum absolute atomic E-state index is 0.00741. The van der Waals surface area contributed by atoms with Crippen LogP contribution in [0.5, 0.6) is 0 Å². The monoisotopic (exact) mass is 434 g/mol. The molecule has 2 heterocycles. The van der Waals surface area contributed by atoms with Crippen LogP contribution in [0.1, 0.15) is 11.1 Å². The van der Waals surface area contributed by atoms with Crippen LogP contribution >= 0.6 is 0 Å². The number of morpholine rings is 1. The van der Waals surface area contributed by atoms with E-state index in [9.17, 15) is 10.1 Å². The van der Waals surface area contributed by atoms with Crippen molar-refractivity contribution in [1.29, 1.82) is 0 Å². The van der Waals surface area contributed by atoms with Crippen molar-refractivity contribution in [2.75, 3.05) is 41.9 Å². The van der Waals surface area contributed by atoms with Crippen LogP contribution in [0.2, 0.25) is 0 Å². The Morgan fingerprint density at radius 2 is 1.72 bits per heavy atom. The maximum absolute atomic E-state index is 10.9. The first-order chi connectivity index (χ1) is 15.6. The highest BCUT2D eigenvalue weighted by atomic mass is 16.6. The van der Waals surface area contributed by atoms with Crippen LogP contribution in [0.15, 0.2) is 53.6 Å². The predicted molar refractivity (Wildman–Crippen MR) is 122 cm³/mol.